The predicted molar refractivity (Wildman–Crippen MR) is 102 cm³/mol. The molecule has 0 fully saturated rings. The third-order valence-electron chi connectivity index (χ3n) is 4.68. The van der Waals surface area contributed by atoms with Crippen molar-refractivity contribution in [2.24, 2.45) is 0 Å². The van der Waals surface area contributed by atoms with Gasteiger partial charge in [-0.05, 0) is 51.8 Å². The molecule has 3 nitrogen and oxygen atoms in total. The summed E-state index contributed by atoms with van der Waals surface area (Å²) in [5.41, 5.74) is 4.78. The second kappa shape index (κ2) is 5.98. The van der Waals surface area contributed by atoms with Crippen LogP contribution >= 0.6 is 0 Å². The lowest BCUT2D eigenvalue weighted by molar-refractivity contribution is 0.174. The van der Waals surface area contributed by atoms with Crippen molar-refractivity contribution in [1.29, 1.82) is 0 Å². The van der Waals surface area contributed by atoms with Gasteiger partial charge in [0.05, 0.1) is 7.11 Å². The molecule has 2 aromatic carbocycles. The fourth-order valence-corrected chi connectivity index (χ4v) is 3.17. The molecule has 0 saturated heterocycles. The third kappa shape index (κ3) is 3.33. The number of rotatable bonds is 2. The lowest BCUT2D eigenvalue weighted by Gasteiger charge is -2.26. The van der Waals surface area contributed by atoms with Gasteiger partial charge in [-0.1, -0.05) is 47.6 Å². The first-order valence-corrected chi connectivity index (χ1v) is 8.74. The Labute approximate surface area is 150 Å². The lowest BCUT2D eigenvalue weighted by Crippen LogP contribution is -2.14. The molecule has 134 valence electrons. The van der Waals surface area contributed by atoms with Crippen molar-refractivity contribution in [2.75, 3.05) is 13.9 Å². The number of hydrogen-bond donors (Lipinski definition) is 0. The minimum atomic E-state index is -0.0287. The van der Waals surface area contributed by atoms with E-state index in [4.69, 9.17) is 14.2 Å². The van der Waals surface area contributed by atoms with E-state index >= 15 is 0 Å². The summed E-state index contributed by atoms with van der Waals surface area (Å²) in [5, 5.41) is 0. The first-order valence-electron chi connectivity index (χ1n) is 8.74. The molecule has 3 heteroatoms. The molecule has 0 unspecified atom stereocenters. The Morgan fingerprint density at radius 3 is 2.00 bits per heavy atom. The maximum absolute atomic E-state index is 5.68. The first kappa shape index (κ1) is 17.7. The molecule has 0 atom stereocenters. The Morgan fingerprint density at radius 2 is 1.44 bits per heavy atom. The molecule has 0 radical (unpaired) electrons. The van der Waals surface area contributed by atoms with Gasteiger partial charge < -0.3 is 14.2 Å². The Bertz CT molecular complexity index is 792. The second-order valence-corrected chi connectivity index (χ2v) is 8.67. The van der Waals surface area contributed by atoms with Gasteiger partial charge in [-0.25, -0.2) is 0 Å². The van der Waals surface area contributed by atoms with Crippen molar-refractivity contribution < 1.29 is 14.2 Å². The van der Waals surface area contributed by atoms with Crippen LogP contribution in [0, 0.1) is 0 Å². The summed E-state index contributed by atoms with van der Waals surface area (Å²) in [7, 11) is 1.72. The molecule has 3 rings (SSSR count). The fourth-order valence-electron chi connectivity index (χ4n) is 3.17. The van der Waals surface area contributed by atoms with Crippen LogP contribution in [0.3, 0.4) is 0 Å². The molecule has 0 aliphatic carbocycles. The van der Waals surface area contributed by atoms with Crippen molar-refractivity contribution in [3.63, 3.8) is 0 Å². The zero-order valence-corrected chi connectivity index (χ0v) is 16.3. The van der Waals surface area contributed by atoms with Crippen LogP contribution in [0.1, 0.15) is 52.7 Å². The fraction of sp³-hybridized carbons (Fsp3) is 0.455. The van der Waals surface area contributed by atoms with E-state index in [1.54, 1.807) is 7.11 Å². The zero-order chi connectivity index (χ0) is 18.4. The van der Waals surface area contributed by atoms with Crippen LogP contribution in [0.25, 0.3) is 11.1 Å². The Balaban J connectivity index is 2.28. The lowest BCUT2D eigenvalue weighted by atomic mass is 9.79. The van der Waals surface area contributed by atoms with Crippen LogP contribution in [0.5, 0.6) is 17.2 Å². The molecule has 1 aliphatic heterocycles. The topological polar surface area (TPSA) is 27.7 Å². The number of benzene rings is 2. The molecule has 0 saturated carbocycles. The van der Waals surface area contributed by atoms with Crippen LogP contribution in [-0.4, -0.2) is 13.9 Å². The van der Waals surface area contributed by atoms with Crippen LogP contribution in [-0.2, 0) is 10.8 Å². The van der Waals surface area contributed by atoms with E-state index in [2.05, 4.69) is 71.9 Å². The number of methoxy groups -OCH3 is 1. The maximum Gasteiger partial charge on any atom is 0.231 e. The average Bonchev–Trinajstić information content (AvgIpc) is 2.98. The molecule has 0 bridgehead atoms. The van der Waals surface area contributed by atoms with Crippen LogP contribution in [0.4, 0.5) is 0 Å². The van der Waals surface area contributed by atoms with Crippen LogP contribution in [0.15, 0.2) is 30.3 Å². The van der Waals surface area contributed by atoms with Crippen molar-refractivity contribution in [1.82, 2.24) is 0 Å². The van der Waals surface area contributed by atoms with E-state index in [1.165, 1.54) is 11.1 Å². The van der Waals surface area contributed by atoms with Gasteiger partial charge >= 0.3 is 0 Å². The highest BCUT2D eigenvalue weighted by molar-refractivity contribution is 5.78. The minimum Gasteiger partial charge on any atom is -0.496 e. The summed E-state index contributed by atoms with van der Waals surface area (Å²) in [5.74, 6) is 2.49. The minimum absolute atomic E-state index is 0.0287. The van der Waals surface area contributed by atoms with Gasteiger partial charge in [-0.15, -0.1) is 0 Å². The molecular weight excluding hydrogens is 312 g/mol. The van der Waals surface area contributed by atoms with E-state index in [0.717, 1.165) is 28.4 Å². The smallest absolute Gasteiger partial charge is 0.231 e. The monoisotopic (exact) mass is 340 g/mol. The highest BCUT2D eigenvalue weighted by Crippen LogP contribution is 2.46. The van der Waals surface area contributed by atoms with Crippen molar-refractivity contribution >= 4 is 0 Å². The Kier molecular flexibility index (Phi) is 4.22. The molecular formula is C22H28O3. The summed E-state index contributed by atoms with van der Waals surface area (Å²) in [4.78, 5) is 0. The third-order valence-corrected chi connectivity index (χ3v) is 4.68. The van der Waals surface area contributed by atoms with Gasteiger partial charge in [0.25, 0.3) is 0 Å². The number of ether oxygens (including phenoxy) is 3. The first-order chi connectivity index (χ1) is 11.6. The van der Waals surface area contributed by atoms with Gasteiger partial charge in [-0.2, -0.15) is 0 Å². The van der Waals surface area contributed by atoms with Gasteiger partial charge in [0.1, 0.15) is 5.75 Å². The van der Waals surface area contributed by atoms with Gasteiger partial charge in [0.15, 0.2) is 11.5 Å². The van der Waals surface area contributed by atoms with E-state index in [9.17, 15) is 0 Å². The predicted octanol–water partition coefficient (Wildman–Crippen LogP) is 5.69. The normalized spacial score (nSPS) is 13.9. The van der Waals surface area contributed by atoms with E-state index in [1.807, 2.05) is 0 Å². The summed E-state index contributed by atoms with van der Waals surface area (Å²) in [6.07, 6.45) is 0. The Hall–Kier alpha value is -2.16. The van der Waals surface area contributed by atoms with E-state index in [-0.39, 0.29) is 17.6 Å². The van der Waals surface area contributed by atoms with Crippen LogP contribution in [0.2, 0.25) is 0 Å². The summed E-state index contributed by atoms with van der Waals surface area (Å²) < 4.78 is 16.9. The molecule has 0 amide bonds. The van der Waals surface area contributed by atoms with Crippen LogP contribution < -0.4 is 14.2 Å². The van der Waals surface area contributed by atoms with Crippen molar-refractivity contribution in [3.05, 3.63) is 41.5 Å². The van der Waals surface area contributed by atoms with Crippen molar-refractivity contribution in [2.45, 2.75) is 52.4 Å². The average molecular weight is 340 g/mol. The summed E-state index contributed by atoms with van der Waals surface area (Å²) in [6.45, 7) is 13.6. The van der Waals surface area contributed by atoms with Gasteiger partial charge in [0, 0.05) is 5.56 Å². The number of hydrogen-bond acceptors (Lipinski definition) is 3. The maximum atomic E-state index is 5.68. The molecule has 25 heavy (non-hydrogen) atoms. The van der Waals surface area contributed by atoms with E-state index in [0.29, 0.717) is 0 Å². The van der Waals surface area contributed by atoms with Gasteiger partial charge in [0.2, 0.25) is 6.79 Å². The Morgan fingerprint density at radius 1 is 0.800 bits per heavy atom. The molecule has 0 spiro atoms. The second-order valence-electron chi connectivity index (χ2n) is 8.67. The van der Waals surface area contributed by atoms with Gasteiger partial charge in [-0.3, -0.25) is 0 Å². The highest BCUT2D eigenvalue weighted by atomic mass is 16.7. The standard InChI is InChI=1S/C22H28O3/c1-21(2,3)14-8-9-18(23-7)16(10-14)15-11-19-20(25-13-24-19)12-17(15)22(4,5)6/h8-12H,13H2,1-7H3. The molecule has 2 aromatic rings. The zero-order valence-electron chi connectivity index (χ0n) is 16.3. The largest absolute Gasteiger partial charge is 0.496 e. The molecule has 1 heterocycles. The number of fused-ring (bicyclic) bond motifs is 1. The molecule has 0 aromatic heterocycles. The molecule has 0 N–H and O–H groups in total. The SMILES string of the molecule is COc1ccc(C(C)(C)C)cc1-c1cc2c(cc1C(C)(C)C)OCO2. The van der Waals surface area contributed by atoms with Crippen molar-refractivity contribution in [3.8, 4) is 28.4 Å². The quantitative estimate of drug-likeness (QED) is 0.703. The summed E-state index contributed by atoms with van der Waals surface area (Å²) >= 11 is 0. The molecule has 1 aliphatic rings. The highest BCUT2D eigenvalue weighted by Gasteiger charge is 2.27. The summed E-state index contributed by atoms with van der Waals surface area (Å²) in [6, 6.07) is 10.7. The van der Waals surface area contributed by atoms with E-state index < -0.39 is 0 Å².